The zero-order chi connectivity index (χ0) is 14.4. The molecule has 6 heteroatoms. The highest BCUT2D eigenvalue weighted by molar-refractivity contribution is 5.36. The first-order valence-electron chi connectivity index (χ1n) is 6.54. The molecule has 0 aliphatic heterocycles. The number of anilines is 1. The number of hydrogen-bond acceptors (Lipinski definition) is 6. The Bertz CT molecular complexity index is 514. The fourth-order valence-electron chi connectivity index (χ4n) is 1.61. The van der Waals surface area contributed by atoms with Crippen molar-refractivity contribution in [2.45, 2.75) is 19.9 Å². The number of aliphatic hydroxyl groups excluding tert-OH is 1. The summed E-state index contributed by atoms with van der Waals surface area (Å²) in [5.41, 5.74) is 0. The number of nitrogens with one attached hydrogen (secondary N) is 1. The molecule has 6 nitrogen and oxygen atoms in total. The van der Waals surface area contributed by atoms with Gasteiger partial charge >= 0.3 is 0 Å². The van der Waals surface area contributed by atoms with Crippen molar-refractivity contribution >= 4 is 5.82 Å². The van der Waals surface area contributed by atoms with E-state index in [1.165, 1.54) is 0 Å². The number of ether oxygens (including phenoxy) is 1. The molecule has 2 N–H and O–H groups in total. The van der Waals surface area contributed by atoms with E-state index in [1.54, 1.807) is 30.8 Å². The van der Waals surface area contributed by atoms with Crippen LogP contribution in [0, 0.1) is 5.92 Å². The largest absolute Gasteiger partial charge is 0.476 e. The number of aromatic nitrogens is 2. The maximum Gasteiger partial charge on any atom is 0.234 e. The molecule has 108 valence electrons. The quantitative estimate of drug-likeness (QED) is 0.808. The third-order valence-electron chi connectivity index (χ3n) is 2.57. The molecular weight excluding hydrogens is 258 g/mol. The van der Waals surface area contributed by atoms with Gasteiger partial charge in [0.1, 0.15) is 17.6 Å². The zero-order valence-electron chi connectivity index (χ0n) is 11.6. The van der Waals surface area contributed by atoms with Crippen LogP contribution >= 0.6 is 0 Å². The van der Waals surface area contributed by atoms with Gasteiger partial charge in [0, 0.05) is 0 Å². The van der Waals surface area contributed by atoms with Crippen molar-refractivity contribution in [3.63, 3.8) is 0 Å². The summed E-state index contributed by atoms with van der Waals surface area (Å²) in [6, 6.07) is 3.20. The molecule has 2 rings (SSSR count). The molecule has 2 heterocycles. The highest BCUT2D eigenvalue weighted by Crippen LogP contribution is 2.19. The van der Waals surface area contributed by atoms with Crippen LogP contribution in [0.3, 0.4) is 0 Å². The van der Waals surface area contributed by atoms with E-state index >= 15 is 0 Å². The number of rotatable bonds is 7. The number of hydrogen-bond donors (Lipinski definition) is 2. The minimum absolute atomic E-state index is 0.105. The van der Waals surface area contributed by atoms with Gasteiger partial charge in [-0.2, -0.15) is 4.98 Å². The first-order chi connectivity index (χ1) is 9.69. The smallest absolute Gasteiger partial charge is 0.234 e. The Morgan fingerprint density at radius 3 is 2.90 bits per heavy atom. The first-order valence-corrected chi connectivity index (χ1v) is 6.54. The van der Waals surface area contributed by atoms with E-state index in [4.69, 9.17) is 9.15 Å². The van der Waals surface area contributed by atoms with Gasteiger partial charge < -0.3 is 19.6 Å². The van der Waals surface area contributed by atoms with Gasteiger partial charge in [-0.25, -0.2) is 0 Å². The molecule has 2 aromatic heterocycles. The van der Waals surface area contributed by atoms with E-state index in [1.807, 2.05) is 0 Å². The maximum absolute atomic E-state index is 9.40. The van der Waals surface area contributed by atoms with Crippen molar-refractivity contribution in [1.82, 2.24) is 9.97 Å². The number of nitrogens with zero attached hydrogens (tertiary/aromatic N) is 2. The second-order valence-electron chi connectivity index (χ2n) is 4.84. The van der Waals surface area contributed by atoms with Gasteiger partial charge in [-0.15, -0.1) is 0 Å². The lowest BCUT2D eigenvalue weighted by molar-refractivity contribution is 0.257. The van der Waals surface area contributed by atoms with E-state index < -0.39 is 0 Å². The van der Waals surface area contributed by atoms with Gasteiger partial charge in [-0.3, -0.25) is 4.98 Å². The zero-order valence-corrected chi connectivity index (χ0v) is 11.6. The molecule has 0 saturated carbocycles. The summed E-state index contributed by atoms with van der Waals surface area (Å²) in [6.45, 7) is 4.61. The lowest BCUT2D eigenvalue weighted by Gasteiger charge is -2.15. The van der Waals surface area contributed by atoms with Gasteiger partial charge in [0.2, 0.25) is 5.88 Å². The molecule has 0 aliphatic rings. The van der Waals surface area contributed by atoms with Crippen molar-refractivity contribution < 1.29 is 14.3 Å². The normalized spacial score (nSPS) is 12.4. The highest BCUT2D eigenvalue weighted by Gasteiger charge is 2.14. The van der Waals surface area contributed by atoms with Gasteiger partial charge in [0.05, 0.1) is 31.9 Å². The predicted octanol–water partition coefficient (Wildman–Crippen LogP) is 2.25. The minimum Gasteiger partial charge on any atom is -0.476 e. The molecule has 0 amide bonds. The number of aliphatic hydroxyl groups is 1. The summed E-state index contributed by atoms with van der Waals surface area (Å²) < 4.78 is 10.8. The number of furan rings is 1. The van der Waals surface area contributed by atoms with Crippen molar-refractivity contribution in [3.8, 4) is 5.88 Å². The molecule has 0 saturated heterocycles. The average molecular weight is 277 g/mol. The molecule has 0 aliphatic carbocycles. The monoisotopic (exact) mass is 277 g/mol. The Morgan fingerprint density at radius 1 is 1.40 bits per heavy atom. The van der Waals surface area contributed by atoms with Crippen LogP contribution in [0.1, 0.15) is 25.6 Å². The van der Waals surface area contributed by atoms with Gasteiger partial charge in [0.15, 0.2) is 0 Å². The Kier molecular flexibility index (Phi) is 4.95. The van der Waals surface area contributed by atoms with Crippen LogP contribution in [0.5, 0.6) is 5.88 Å². The molecule has 0 fully saturated rings. The second kappa shape index (κ2) is 6.91. The molecule has 2 aromatic rings. The van der Waals surface area contributed by atoms with Crippen molar-refractivity contribution in [2.75, 3.05) is 18.5 Å². The first kappa shape index (κ1) is 14.3. The molecule has 1 unspecified atom stereocenters. The van der Waals surface area contributed by atoms with Crippen molar-refractivity contribution in [1.29, 1.82) is 0 Å². The summed E-state index contributed by atoms with van der Waals surface area (Å²) in [7, 11) is 0. The third kappa shape index (κ3) is 3.96. The molecule has 0 aromatic carbocycles. The van der Waals surface area contributed by atoms with E-state index in [2.05, 4.69) is 29.1 Å². The van der Waals surface area contributed by atoms with Crippen LogP contribution in [0.15, 0.2) is 35.2 Å². The maximum atomic E-state index is 9.40. The minimum atomic E-state index is -0.361. The average Bonchev–Trinajstić information content (AvgIpc) is 2.97. The molecule has 0 spiro atoms. The molecular formula is C14H19N3O3. The summed E-state index contributed by atoms with van der Waals surface area (Å²) in [5.74, 6) is 2.05. The highest BCUT2D eigenvalue weighted by atomic mass is 16.5. The SMILES string of the molecule is CC(C)COc1cncc(NC(CO)c2ccco2)n1. The molecule has 0 bridgehead atoms. The summed E-state index contributed by atoms with van der Waals surface area (Å²) in [6.07, 6.45) is 4.70. The summed E-state index contributed by atoms with van der Waals surface area (Å²) >= 11 is 0. The Labute approximate surface area is 117 Å². The molecule has 1 atom stereocenters. The van der Waals surface area contributed by atoms with Crippen LogP contribution in [0.4, 0.5) is 5.82 Å². The lowest BCUT2D eigenvalue weighted by atomic mass is 10.2. The van der Waals surface area contributed by atoms with E-state index in [-0.39, 0.29) is 12.6 Å². The van der Waals surface area contributed by atoms with E-state index in [0.29, 0.717) is 30.0 Å². The lowest BCUT2D eigenvalue weighted by Crippen LogP contribution is -2.15. The second-order valence-corrected chi connectivity index (χ2v) is 4.84. The van der Waals surface area contributed by atoms with Crippen molar-refractivity contribution in [3.05, 3.63) is 36.5 Å². The van der Waals surface area contributed by atoms with Crippen LogP contribution in [0.2, 0.25) is 0 Å². The van der Waals surface area contributed by atoms with Crippen LogP contribution in [-0.2, 0) is 0 Å². The predicted molar refractivity (Wildman–Crippen MR) is 74.5 cm³/mol. The van der Waals surface area contributed by atoms with Crippen LogP contribution < -0.4 is 10.1 Å². The third-order valence-corrected chi connectivity index (χ3v) is 2.57. The van der Waals surface area contributed by atoms with Gasteiger partial charge in [-0.05, 0) is 18.1 Å². The van der Waals surface area contributed by atoms with E-state index in [0.717, 1.165) is 0 Å². The Balaban J connectivity index is 2.03. The fourth-order valence-corrected chi connectivity index (χ4v) is 1.61. The Morgan fingerprint density at radius 2 is 2.25 bits per heavy atom. The van der Waals surface area contributed by atoms with Crippen LogP contribution in [0.25, 0.3) is 0 Å². The van der Waals surface area contributed by atoms with Crippen molar-refractivity contribution in [2.24, 2.45) is 5.92 Å². The molecule has 20 heavy (non-hydrogen) atoms. The Hall–Kier alpha value is -2.08. The standard InChI is InChI=1S/C14H19N3O3/c1-10(2)9-20-14-7-15-6-13(17-14)16-11(8-18)12-4-3-5-19-12/h3-7,10-11,18H,8-9H2,1-2H3,(H,16,17). The van der Waals surface area contributed by atoms with Gasteiger partial charge in [0.25, 0.3) is 0 Å². The topological polar surface area (TPSA) is 80.4 Å². The van der Waals surface area contributed by atoms with E-state index in [9.17, 15) is 5.11 Å². The summed E-state index contributed by atoms with van der Waals surface area (Å²) in [5, 5.41) is 12.5. The van der Waals surface area contributed by atoms with Crippen LogP contribution in [-0.4, -0.2) is 28.3 Å². The fraction of sp³-hybridized carbons (Fsp3) is 0.429. The summed E-state index contributed by atoms with van der Waals surface area (Å²) in [4.78, 5) is 8.36. The van der Waals surface area contributed by atoms with Gasteiger partial charge in [-0.1, -0.05) is 13.8 Å². The molecule has 0 radical (unpaired) electrons.